The average Bonchev–Trinajstić information content (AvgIpc) is 2.46. The minimum Gasteiger partial charge on any atom is -0.496 e. The van der Waals surface area contributed by atoms with Gasteiger partial charge in [0.2, 0.25) is 0 Å². The van der Waals surface area contributed by atoms with Crippen LogP contribution in [0.15, 0.2) is 36.4 Å². The van der Waals surface area contributed by atoms with E-state index in [1.165, 1.54) is 34.4 Å². The van der Waals surface area contributed by atoms with Gasteiger partial charge in [0, 0.05) is 17.8 Å². The molecule has 2 aromatic rings. The summed E-state index contributed by atoms with van der Waals surface area (Å²) < 4.78 is 5.48. The third-order valence-electron chi connectivity index (χ3n) is 3.71. The Morgan fingerprint density at radius 1 is 1.11 bits per heavy atom. The van der Waals surface area contributed by atoms with Gasteiger partial charge in [0.05, 0.1) is 7.11 Å². The summed E-state index contributed by atoms with van der Waals surface area (Å²) in [6.07, 6.45) is 2.37. The number of rotatable bonds is 2. The van der Waals surface area contributed by atoms with Crippen LogP contribution >= 0.6 is 0 Å². The van der Waals surface area contributed by atoms with Crippen molar-refractivity contribution in [2.45, 2.75) is 19.8 Å². The summed E-state index contributed by atoms with van der Waals surface area (Å²) in [5.41, 5.74) is 6.36. The number of anilines is 1. The fourth-order valence-electron chi connectivity index (χ4n) is 2.69. The molecule has 0 bridgehead atoms. The summed E-state index contributed by atoms with van der Waals surface area (Å²) in [6.45, 7) is 3.20. The zero-order chi connectivity index (χ0) is 13.2. The molecule has 0 unspecified atom stereocenters. The van der Waals surface area contributed by atoms with Gasteiger partial charge in [-0.05, 0) is 55.2 Å². The van der Waals surface area contributed by atoms with Gasteiger partial charge >= 0.3 is 0 Å². The average molecular weight is 253 g/mol. The highest BCUT2D eigenvalue weighted by molar-refractivity contribution is 5.74. The Labute approximate surface area is 114 Å². The van der Waals surface area contributed by atoms with Crippen LogP contribution in [0.4, 0.5) is 5.69 Å². The molecule has 19 heavy (non-hydrogen) atoms. The van der Waals surface area contributed by atoms with Gasteiger partial charge in [-0.3, -0.25) is 0 Å². The van der Waals surface area contributed by atoms with E-state index < -0.39 is 0 Å². The molecule has 1 aliphatic rings. The van der Waals surface area contributed by atoms with Gasteiger partial charge in [0.1, 0.15) is 5.75 Å². The Bertz CT molecular complexity index is 604. The number of hydrogen-bond acceptors (Lipinski definition) is 2. The Morgan fingerprint density at radius 3 is 2.84 bits per heavy atom. The van der Waals surface area contributed by atoms with Crippen LogP contribution in [0.25, 0.3) is 11.1 Å². The molecule has 2 aromatic carbocycles. The Morgan fingerprint density at radius 2 is 2.00 bits per heavy atom. The number of hydrogen-bond donors (Lipinski definition) is 1. The molecule has 98 valence electrons. The van der Waals surface area contributed by atoms with Crippen molar-refractivity contribution < 1.29 is 4.74 Å². The third kappa shape index (κ3) is 2.30. The predicted octanol–water partition coefficient (Wildman–Crippen LogP) is 4.03. The summed E-state index contributed by atoms with van der Waals surface area (Å²) in [5.74, 6) is 0.939. The normalized spacial score (nSPS) is 13.6. The van der Waals surface area contributed by atoms with Crippen LogP contribution in [0.5, 0.6) is 5.75 Å². The van der Waals surface area contributed by atoms with Crippen LogP contribution in [0.2, 0.25) is 0 Å². The smallest absolute Gasteiger partial charge is 0.126 e. The van der Waals surface area contributed by atoms with E-state index in [-0.39, 0.29) is 0 Å². The van der Waals surface area contributed by atoms with Crippen molar-refractivity contribution in [1.82, 2.24) is 0 Å². The highest BCUT2D eigenvalue weighted by Crippen LogP contribution is 2.34. The number of aryl methyl sites for hydroxylation is 2. The van der Waals surface area contributed by atoms with Crippen LogP contribution in [0, 0.1) is 6.92 Å². The molecule has 0 aromatic heterocycles. The van der Waals surface area contributed by atoms with Crippen molar-refractivity contribution in [3.63, 3.8) is 0 Å². The van der Waals surface area contributed by atoms with Gasteiger partial charge < -0.3 is 10.1 Å². The molecule has 0 fully saturated rings. The van der Waals surface area contributed by atoms with Crippen LogP contribution in [-0.2, 0) is 6.42 Å². The molecular formula is C17H19NO. The molecule has 0 spiro atoms. The highest BCUT2D eigenvalue weighted by Gasteiger charge is 2.12. The SMILES string of the molecule is COc1ccc(C)cc1-c1ccc2c(c1)CCCN2. The second-order valence-corrected chi connectivity index (χ2v) is 5.11. The summed E-state index contributed by atoms with van der Waals surface area (Å²) in [6, 6.07) is 13.0. The lowest BCUT2D eigenvalue weighted by atomic mass is 9.96. The Balaban J connectivity index is 2.09. The fourth-order valence-corrected chi connectivity index (χ4v) is 2.69. The second-order valence-electron chi connectivity index (χ2n) is 5.11. The van der Waals surface area contributed by atoms with Gasteiger partial charge in [0.25, 0.3) is 0 Å². The minimum absolute atomic E-state index is 0.939. The van der Waals surface area contributed by atoms with Crippen molar-refractivity contribution in [3.8, 4) is 16.9 Å². The van der Waals surface area contributed by atoms with Crippen LogP contribution in [0.3, 0.4) is 0 Å². The highest BCUT2D eigenvalue weighted by atomic mass is 16.5. The van der Waals surface area contributed by atoms with E-state index in [0.29, 0.717) is 0 Å². The number of nitrogens with one attached hydrogen (secondary N) is 1. The number of fused-ring (bicyclic) bond motifs is 1. The number of benzene rings is 2. The third-order valence-corrected chi connectivity index (χ3v) is 3.71. The molecule has 0 radical (unpaired) electrons. The van der Waals surface area contributed by atoms with Gasteiger partial charge in [0.15, 0.2) is 0 Å². The molecule has 1 N–H and O–H groups in total. The maximum Gasteiger partial charge on any atom is 0.126 e. The maximum atomic E-state index is 5.48. The molecule has 3 rings (SSSR count). The molecule has 0 aliphatic carbocycles. The first-order valence-electron chi connectivity index (χ1n) is 6.80. The topological polar surface area (TPSA) is 21.3 Å². The molecular weight excluding hydrogens is 234 g/mol. The maximum absolute atomic E-state index is 5.48. The first kappa shape index (κ1) is 12.1. The van der Waals surface area contributed by atoms with E-state index in [0.717, 1.165) is 18.7 Å². The van der Waals surface area contributed by atoms with Gasteiger partial charge in [-0.25, -0.2) is 0 Å². The van der Waals surface area contributed by atoms with Crippen molar-refractivity contribution in [3.05, 3.63) is 47.5 Å². The molecule has 0 atom stereocenters. The first-order valence-corrected chi connectivity index (χ1v) is 6.80. The zero-order valence-corrected chi connectivity index (χ0v) is 11.5. The van der Waals surface area contributed by atoms with Gasteiger partial charge in [-0.1, -0.05) is 17.7 Å². The monoisotopic (exact) mass is 253 g/mol. The van der Waals surface area contributed by atoms with E-state index in [1.54, 1.807) is 7.11 Å². The summed E-state index contributed by atoms with van der Waals surface area (Å²) in [5, 5.41) is 3.45. The van der Waals surface area contributed by atoms with Gasteiger partial charge in [-0.2, -0.15) is 0 Å². The lowest BCUT2D eigenvalue weighted by Crippen LogP contribution is -2.11. The largest absolute Gasteiger partial charge is 0.496 e. The fraction of sp³-hybridized carbons (Fsp3) is 0.294. The minimum atomic E-state index is 0.939. The first-order chi connectivity index (χ1) is 9.28. The van der Waals surface area contributed by atoms with Crippen molar-refractivity contribution in [2.24, 2.45) is 0 Å². The van der Waals surface area contributed by atoms with E-state index in [4.69, 9.17) is 4.74 Å². The quantitative estimate of drug-likeness (QED) is 0.872. The molecule has 2 nitrogen and oxygen atoms in total. The molecule has 2 heteroatoms. The predicted molar refractivity (Wildman–Crippen MR) is 80.0 cm³/mol. The van der Waals surface area contributed by atoms with Crippen molar-refractivity contribution >= 4 is 5.69 Å². The molecule has 0 saturated carbocycles. The lowest BCUT2D eigenvalue weighted by Gasteiger charge is -2.19. The van der Waals surface area contributed by atoms with Crippen LogP contribution < -0.4 is 10.1 Å². The molecule has 1 heterocycles. The van der Waals surface area contributed by atoms with Crippen LogP contribution in [0.1, 0.15) is 17.5 Å². The Hall–Kier alpha value is -1.96. The van der Waals surface area contributed by atoms with E-state index in [2.05, 4.69) is 42.6 Å². The second kappa shape index (κ2) is 4.96. The summed E-state index contributed by atoms with van der Waals surface area (Å²) >= 11 is 0. The van der Waals surface area contributed by atoms with E-state index in [1.807, 2.05) is 6.07 Å². The van der Waals surface area contributed by atoms with Crippen molar-refractivity contribution in [2.75, 3.05) is 19.0 Å². The van der Waals surface area contributed by atoms with Gasteiger partial charge in [-0.15, -0.1) is 0 Å². The molecule has 0 saturated heterocycles. The van der Waals surface area contributed by atoms with E-state index in [9.17, 15) is 0 Å². The van der Waals surface area contributed by atoms with Crippen LogP contribution in [-0.4, -0.2) is 13.7 Å². The summed E-state index contributed by atoms with van der Waals surface area (Å²) in [7, 11) is 1.73. The number of methoxy groups -OCH3 is 1. The molecule has 0 amide bonds. The lowest BCUT2D eigenvalue weighted by molar-refractivity contribution is 0.416. The summed E-state index contributed by atoms with van der Waals surface area (Å²) in [4.78, 5) is 0. The van der Waals surface area contributed by atoms with E-state index >= 15 is 0 Å². The Kier molecular flexibility index (Phi) is 3.16. The zero-order valence-electron chi connectivity index (χ0n) is 11.5. The molecule has 1 aliphatic heterocycles. The van der Waals surface area contributed by atoms with Crippen molar-refractivity contribution in [1.29, 1.82) is 0 Å². The standard InChI is InChI=1S/C17H19NO/c1-12-5-8-17(19-2)15(10-12)13-6-7-16-14(11-13)4-3-9-18-16/h5-8,10-11,18H,3-4,9H2,1-2H3. The number of ether oxygens (including phenoxy) is 1.